The topological polar surface area (TPSA) is 47.3 Å². The number of ether oxygens (including phenoxy) is 1. The van der Waals surface area contributed by atoms with Gasteiger partial charge in [-0.3, -0.25) is 0 Å². The average molecular weight is 563 g/mol. The van der Waals surface area contributed by atoms with Crippen molar-refractivity contribution in [2.75, 3.05) is 23.9 Å². The monoisotopic (exact) mass is 562 g/mol. The molecule has 0 amide bonds. The molecule has 2 aliphatic heterocycles. The van der Waals surface area contributed by atoms with Gasteiger partial charge in [0.2, 0.25) is 0 Å². The highest BCUT2D eigenvalue weighted by Gasteiger charge is 2.43. The third kappa shape index (κ3) is 6.77. The maximum absolute atomic E-state index is 6.97. The molecule has 1 aliphatic carbocycles. The zero-order valence-electron chi connectivity index (χ0n) is 23.6. The van der Waals surface area contributed by atoms with Gasteiger partial charge in [-0.1, -0.05) is 69.7 Å². The van der Waals surface area contributed by atoms with Crippen LogP contribution in [0.4, 0.5) is 0 Å². The number of benzene rings is 1. The van der Waals surface area contributed by atoms with Crippen molar-refractivity contribution in [3.05, 3.63) is 99.6 Å². The third-order valence-corrected chi connectivity index (χ3v) is 12.7. The van der Waals surface area contributed by atoms with Gasteiger partial charge in [-0.05, 0) is 99.6 Å². The number of nitrogens with two attached hydrogens (primary N) is 1. The van der Waals surface area contributed by atoms with E-state index in [1.165, 1.54) is 28.4 Å². The summed E-state index contributed by atoms with van der Waals surface area (Å²) in [5.41, 5.74) is 12.5. The van der Waals surface area contributed by atoms with Crippen LogP contribution in [0.2, 0.25) is 0 Å². The van der Waals surface area contributed by atoms with E-state index in [1.54, 1.807) is 4.91 Å². The quantitative estimate of drug-likeness (QED) is 0.211. The van der Waals surface area contributed by atoms with Crippen molar-refractivity contribution in [1.29, 1.82) is 0 Å². The van der Waals surface area contributed by atoms with Crippen LogP contribution in [0.1, 0.15) is 63.2 Å². The van der Waals surface area contributed by atoms with Gasteiger partial charge in [0, 0.05) is 23.0 Å². The molecular weight excluding hydrogens is 520 g/mol. The molecule has 1 spiro atoms. The van der Waals surface area contributed by atoms with Crippen LogP contribution in [-0.2, 0) is 0 Å². The SMILES string of the molecule is C#CCOc1cc(C2CS3(CC3)C(CC)=CN2)cc(C(N)C(C)C(C)CCC2=C(C=C)C=C(Cl)C=CC2=C)c1. The summed E-state index contributed by atoms with van der Waals surface area (Å²) >= 11 is 6.30. The number of nitrogens with one attached hydrogen (secondary N) is 1. The van der Waals surface area contributed by atoms with Crippen LogP contribution in [0.25, 0.3) is 0 Å². The summed E-state index contributed by atoms with van der Waals surface area (Å²) < 4.78 is 5.93. The minimum Gasteiger partial charge on any atom is -0.481 e. The Kier molecular flexibility index (Phi) is 9.60. The molecule has 4 rings (SSSR count). The number of hydrogen-bond acceptors (Lipinski definition) is 3. The molecule has 208 valence electrons. The first kappa shape index (κ1) is 29.4. The zero-order valence-corrected chi connectivity index (χ0v) is 25.2. The van der Waals surface area contributed by atoms with E-state index in [4.69, 9.17) is 28.5 Å². The lowest BCUT2D eigenvalue weighted by molar-refractivity contribution is 0.311. The van der Waals surface area contributed by atoms with E-state index in [0.29, 0.717) is 11.0 Å². The Hall–Kier alpha value is -2.58. The molecule has 1 saturated heterocycles. The van der Waals surface area contributed by atoms with Gasteiger partial charge >= 0.3 is 0 Å². The van der Waals surface area contributed by atoms with Crippen LogP contribution < -0.4 is 15.8 Å². The summed E-state index contributed by atoms with van der Waals surface area (Å²) in [7, 11) is -0.590. The molecule has 0 aromatic heterocycles. The van der Waals surface area contributed by atoms with Crippen LogP contribution in [0.15, 0.2) is 88.5 Å². The van der Waals surface area contributed by atoms with E-state index in [0.717, 1.165) is 41.7 Å². The average Bonchev–Trinajstić information content (AvgIpc) is 3.73. The smallest absolute Gasteiger partial charge is 0.148 e. The van der Waals surface area contributed by atoms with Gasteiger partial charge < -0.3 is 15.8 Å². The van der Waals surface area contributed by atoms with Gasteiger partial charge in [-0.2, -0.15) is 0 Å². The minimum absolute atomic E-state index is 0.125. The van der Waals surface area contributed by atoms with Gasteiger partial charge in [0.05, 0.1) is 6.04 Å². The highest BCUT2D eigenvalue weighted by molar-refractivity contribution is 8.42. The van der Waals surface area contributed by atoms with Crippen LogP contribution in [-0.4, -0.2) is 23.9 Å². The molecule has 3 nitrogen and oxygen atoms in total. The molecule has 1 fully saturated rings. The lowest BCUT2D eigenvalue weighted by Gasteiger charge is -2.35. The fourth-order valence-corrected chi connectivity index (χ4v) is 9.61. The fourth-order valence-electron chi connectivity index (χ4n) is 5.70. The summed E-state index contributed by atoms with van der Waals surface area (Å²) in [4.78, 5) is 1.64. The van der Waals surface area contributed by atoms with Crippen molar-refractivity contribution in [3.63, 3.8) is 0 Å². The van der Waals surface area contributed by atoms with Crippen molar-refractivity contribution < 1.29 is 4.74 Å². The van der Waals surface area contributed by atoms with E-state index >= 15 is 0 Å². The van der Waals surface area contributed by atoms with Crippen LogP contribution in [0, 0.1) is 24.2 Å². The molecule has 1 aromatic rings. The molecule has 4 atom stereocenters. The van der Waals surface area contributed by atoms with Crippen molar-refractivity contribution in [3.8, 4) is 18.1 Å². The number of halogens is 1. The van der Waals surface area contributed by atoms with Gasteiger partial charge in [0.15, 0.2) is 0 Å². The fraction of sp³-hybridized carbons (Fsp3) is 0.412. The second-order valence-electron chi connectivity index (χ2n) is 11.1. The Balaban J connectivity index is 1.52. The molecule has 39 heavy (non-hydrogen) atoms. The Morgan fingerprint density at radius 3 is 2.72 bits per heavy atom. The summed E-state index contributed by atoms with van der Waals surface area (Å²) in [6.45, 7) is 15.3. The number of terminal acetylenes is 1. The Morgan fingerprint density at radius 2 is 2.05 bits per heavy atom. The first-order valence-electron chi connectivity index (χ1n) is 14.0. The molecule has 4 unspecified atom stereocenters. The normalized spacial score (nSPS) is 23.0. The maximum Gasteiger partial charge on any atom is 0.148 e. The molecule has 2 heterocycles. The molecular formula is C34H43ClN2OS. The Morgan fingerprint density at radius 1 is 1.28 bits per heavy atom. The van der Waals surface area contributed by atoms with E-state index in [1.807, 2.05) is 24.3 Å². The molecule has 3 N–H and O–H groups in total. The number of hydrogen-bond donors (Lipinski definition) is 2. The maximum atomic E-state index is 6.97. The highest BCUT2D eigenvalue weighted by atomic mass is 35.5. The van der Waals surface area contributed by atoms with Crippen LogP contribution >= 0.6 is 21.6 Å². The number of rotatable bonds is 11. The van der Waals surface area contributed by atoms with Crippen LogP contribution in [0.3, 0.4) is 0 Å². The van der Waals surface area contributed by atoms with Gasteiger partial charge in [0.1, 0.15) is 12.4 Å². The summed E-state index contributed by atoms with van der Waals surface area (Å²) in [6.07, 6.45) is 18.5. The zero-order chi connectivity index (χ0) is 28.2. The summed E-state index contributed by atoms with van der Waals surface area (Å²) in [6, 6.07) is 6.67. The highest BCUT2D eigenvalue weighted by Crippen LogP contribution is 2.70. The van der Waals surface area contributed by atoms with Gasteiger partial charge in [-0.15, -0.1) is 6.42 Å². The standard InChI is InChI=1S/C34H43ClN2OS/c1-7-14-38-30-19-27(33-22-39(15-16-39)31(9-3)21-37-33)17-28(20-30)34(36)25(6)23(4)11-13-32-24(5)10-12-29(35)18-26(32)8-2/h1,8,10,12,17-21,23,25,33-34,37H,2,5,9,11,13-16,22,36H2,3-4,6H3. The Bertz CT molecular complexity index is 1280. The van der Waals surface area contributed by atoms with Crippen molar-refractivity contribution in [2.45, 2.75) is 52.1 Å². The molecule has 3 aliphatic rings. The van der Waals surface area contributed by atoms with Gasteiger partial charge in [0.25, 0.3) is 0 Å². The second kappa shape index (κ2) is 12.7. The molecule has 1 aromatic carbocycles. The first-order valence-corrected chi connectivity index (χ1v) is 16.5. The third-order valence-electron chi connectivity index (χ3n) is 8.60. The van der Waals surface area contributed by atoms with Crippen LogP contribution in [0.5, 0.6) is 5.75 Å². The second-order valence-corrected chi connectivity index (χ2v) is 15.3. The summed E-state index contributed by atoms with van der Waals surface area (Å²) in [5, 5.41) is 4.38. The van der Waals surface area contributed by atoms with Gasteiger partial charge in [-0.25, -0.2) is 10.0 Å². The summed E-state index contributed by atoms with van der Waals surface area (Å²) in [5.74, 6) is 7.98. The molecule has 0 bridgehead atoms. The van der Waals surface area contributed by atoms with E-state index in [-0.39, 0.29) is 24.6 Å². The lowest BCUT2D eigenvalue weighted by Crippen LogP contribution is -2.27. The van der Waals surface area contributed by atoms with E-state index in [9.17, 15) is 0 Å². The van der Waals surface area contributed by atoms with Crippen molar-refractivity contribution in [2.24, 2.45) is 17.6 Å². The van der Waals surface area contributed by atoms with Crippen molar-refractivity contribution >= 4 is 21.6 Å². The number of allylic oxidation sites excluding steroid dienone is 9. The predicted molar refractivity (Wildman–Crippen MR) is 171 cm³/mol. The van der Waals surface area contributed by atoms with E-state index in [2.05, 4.69) is 69.6 Å². The first-order chi connectivity index (χ1) is 18.7. The largest absolute Gasteiger partial charge is 0.481 e. The molecule has 5 heteroatoms. The van der Waals surface area contributed by atoms with Crippen molar-refractivity contribution in [1.82, 2.24) is 5.32 Å². The molecule has 0 saturated carbocycles. The minimum atomic E-state index is -0.590. The Labute approximate surface area is 242 Å². The predicted octanol–water partition coefficient (Wildman–Crippen LogP) is 8.20. The van der Waals surface area contributed by atoms with E-state index < -0.39 is 10.0 Å². The lowest BCUT2D eigenvalue weighted by atomic mass is 9.81. The molecule has 0 radical (unpaired) electrons.